The van der Waals surface area contributed by atoms with Crippen LogP contribution in [0.5, 0.6) is 0 Å². The predicted molar refractivity (Wildman–Crippen MR) is 84.0 cm³/mol. The van der Waals surface area contributed by atoms with Crippen molar-refractivity contribution in [3.05, 3.63) is 11.6 Å². The molecule has 0 aliphatic heterocycles. The minimum atomic E-state index is -1.15. The first-order chi connectivity index (χ1) is 10.5. The van der Waals surface area contributed by atoms with E-state index in [9.17, 15) is 14.6 Å². The van der Waals surface area contributed by atoms with Gasteiger partial charge in [-0.3, -0.25) is 0 Å². The smallest absolute Gasteiger partial charge is 0.127 e. The van der Waals surface area contributed by atoms with Crippen LogP contribution in [0.4, 0.5) is 4.39 Å². The molecule has 7 atom stereocenters. The maximum atomic E-state index is 14.3. The highest BCUT2D eigenvalue weighted by Gasteiger charge is 2.63. The highest BCUT2D eigenvalue weighted by atomic mass is 19.1. The monoisotopic (exact) mass is 308 g/mol. The summed E-state index contributed by atoms with van der Waals surface area (Å²) in [6.07, 6.45) is 8.67. The number of hydrogen-bond donors (Lipinski definition) is 2. The highest BCUT2D eigenvalue weighted by molar-refractivity contribution is 5.24. The van der Waals surface area contributed by atoms with Crippen molar-refractivity contribution in [3.63, 3.8) is 0 Å². The van der Waals surface area contributed by atoms with E-state index in [0.29, 0.717) is 23.7 Å². The Morgan fingerprint density at radius 2 is 2.09 bits per heavy atom. The summed E-state index contributed by atoms with van der Waals surface area (Å²) in [5.41, 5.74) is 1.38. The molecule has 2 nitrogen and oxygen atoms in total. The number of aliphatic hydroxyl groups excluding tert-OH is 2. The Balaban J connectivity index is 1.70. The molecule has 0 aromatic carbocycles. The summed E-state index contributed by atoms with van der Waals surface area (Å²) in [5.74, 6) is 1.27. The molecule has 0 aromatic heterocycles. The molecule has 3 heteroatoms. The fraction of sp³-hybridized carbons (Fsp3) is 0.895. The Hall–Kier alpha value is -0.410. The third-order valence-corrected chi connectivity index (χ3v) is 7.99. The van der Waals surface area contributed by atoms with E-state index < -0.39 is 17.7 Å². The number of alkyl halides is 1. The summed E-state index contributed by atoms with van der Waals surface area (Å²) in [4.78, 5) is 0. The van der Waals surface area contributed by atoms with E-state index >= 15 is 0 Å². The van der Waals surface area contributed by atoms with Gasteiger partial charge in [0.2, 0.25) is 0 Å². The van der Waals surface area contributed by atoms with Crippen molar-refractivity contribution in [1.29, 1.82) is 0 Å². The number of halogens is 1. The summed E-state index contributed by atoms with van der Waals surface area (Å²) in [5, 5.41) is 20.4. The first kappa shape index (κ1) is 15.1. The highest BCUT2D eigenvalue weighted by Crippen LogP contribution is 2.65. The first-order valence-electron chi connectivity index (χ1n) is 9.15. The molecule has 2 N–H and O–H groups in total. The van der Waals surface area contributed by atoms with Crippen LogP contribution in [0.25, 0.3) is 0 Å². The molecule has 0 amide bonds. The molecule has 0 heterocycles. The van der Waals surface area contributed by atoms with Gasteiger partial charge >= 0.3 is 0 Å². The van der Waals surface area contributed by atoms with Crippen LogP contribution in [0.3, 0.4) is 0 Å². The summed E-state index contributed by atoms with van der Waals surface area (Å²) in [6, 6.07) is 0. The van der Waals surface area contributed by atoms with Crippen LogP contribution in [-0.4, -0.2) is 29.1 Å². The van der Waals surface area contributed by atoms with E-state index in [1.54, 1.807) is 5.57 Å². The van der Waals surface area contributed by atoms with Crippen molar-refractivity contribution in [2.45, 2.75) is 70.6 Å². The van der Waals surface area contributed by atoms with E-state index in [1.807, 2.05) is 0 Å². The van der Waals surface area contributed by atoms with Crippen molar-refractivity contribution in [2.24, 2.45) is 28.6 Å². The summed E-state index contributed by atoms with van der Waals surface area (Å²) in [7, 11) is 0. The number of allylic oxidation sites excluding steroid dienone is 2. The van der Waals surface area contributed by atoms with Gasteiger partial charge in [-0.25, -0.2) is 4.39 Å². The quantitative estimate of drug-likeness (QED) is 0.726. The minimum Gasteiger partial charge on any atom is -0.396 e. The van der Waals surface area contributed by atoms with Crippen LogP contribution in [0.2, 0.25) is 0 Å². The van der Waals surface area contributed by atoms with Gasteiger partial charge in [0.15, 0.2) is 0 Å². The SMILES string of the molecule is C[C@]12CCCC=C1CC[C@H]1[C@@H]3C[C@H](F)[C@@H](O)[C@@]3(CO)CC[C@@H]12. The second-order valence-electron chi connectivity index (χ2n) is 8.58. The molecule has 0 unspecified atom stereocenters. The van der Waals surface area contributed by atoms with E-state index in [-0.39, 0.29) is 12.5 Å². The molecule has 0 radical (unpaired) electrons. The lowest BCUT2D eigenvalue weighted by Crippen LogP contribution is -2.53. The molecule has 4 aliphatic carbocycles. The van der Waals surface area contributed by atoms with Gasteiger partial charge in [-0.2, -0.15) is 0 Å². The van der Waals surface area contributed by atoms with E-state index in [1.165, 1.54) is 19.3 Å². The third-order valence-electron chi connectivity index (χ3n) is 7.99. The Labute approximate surface area is 132 Å². The van der Waals surface area contributed by atoms with Crippen LogP contribution in [0.1, 0.15) is 58.3 Å². The maximum absolute atomic E-state index is 14.3. The molecular formula is C19H29FO2. The molecule has 0 aromatic rings. The molecule has 0 bridgehead atoms. The number of fused-ring (bicyclic) bond motifs is 5. The lowest BCUT2D eigenvalue weighted by molar-refractivity contribution is -0.112. The van der Waals surface area contributed by atoms with E-state index in [4.69, 9.17) is 0 Å². The van der Waals surface area contributed by atoms with E-state index in [0.717, 1.165) is 25.7 Å². The second-order valence-corrected chi connectivity index (χ2v) is 8.58. The number of hydrogen-bond acceptors (Lipinski definition) is 2. The van der Waals surface area contributed by atoms with Crippen molar-refractivity contribution in [2.75, 3.05) is 6.61 Å². The summed E-state index contributed by atoms with van der Waals surface area (Å²) in [6.45, 7) is 2.38. The zero-order chi connectivity index (χ0) is 15.5. The van der Waals surface area contributed by atoms with Gasteiger partial charge in [0.1, 0.15) is 6.17 Å². The lowest BCUT2D eigenvalue weighted by Gasteiger charge is -2.58. The summed E-state index contributed by atoms with van der Waals surface area (Å²) >= 11 is 0. The van der Waals surface area contributed by atoms with Crippen molar-refractivity contribution in [1.82, 2.24) is 0 Å². The van der Waals surface area contributed by atoms with Crippen molar-refractivity contribution < 1.29 is 14.6 Å². The molecular weight excluding hydrogens is 279 g/mol. The Morgan fingerprint density at radius 3 is 2.86 bits per heavy atom. The van der Waals surface area contributed by atoms with Gasteiger partial charge < -0.3 is 10.2 Å². The zero-order valence-corrected chi connectivity index (χ0v) is 13.6. The van der Waals surface area contributed by atoms with E-state index in [2.05, 4.69) is 13.0 Å². The molecule has 3 saturated carbocycles. The molecule has 4 rings (SSSR count). The van der Waals surface area contributed by atoms with Gasteiger partial charge in [0, 0.05) is 5.41 Å². The van der Waals surface area contributed by atoms with Crippen LogP contribution in [-0.2, 0) is 0 Å². The lowest BCUT2D eigenvalue weighted by atomic mass is 9.47. The predicted octanol–water partition coefficient (Wildman–Crippen LogP) is 3.62. The summed E-state index contributed by atoms with van der Waals surface area (Å²) < 4.78 is 14.3. The molecule has 22 heavy (non-hydrogen) atoms. The molecule has 4 aliphatic rings. The average molecular weight is 308 g/mol. The van der Waals surface area contributed by atoms with Crippen LogP contribution < -0.4 is 0 Å². The molecule has 0 spiro atoms. The fourth-order valence-electron chi connectivity index (χ4n) is 6.79. The number of aliphatic hydroxyl groups is 2. The Bertz CT molecular complexity index is 490. The van der Waals surface area contributed by atoms with Crippen LogP contribution in [0, 0.1) is 28.6 Å². The Kier molecular flexibility index (Phi) is 3.47. The molecule has 0 saturated heterocycles. The van der Waals surface area contributed by atoms with Gasteiger partial charge in [-0.05, 0) is 74.5 Å². The van der Waals surface area contributed by atoms with Crippen molar-refractivity contribution in [3.8, 4) is 0 Å². The normalized spacial score (nSPS) is 54.2. The number of rotatable bonds is 1. The molecule has 124 valence electrons. The third kappa shape index (κ3) is 1.78. The average Bonchev–Trinajstić information content (AvgIpc) is 2.79. The zero-order valence-electron chi connectivity index (χ0n) is 13.6. The van der Waals surface area contributed by atoms with Gasteiger partial charge in [-0.15, -0.1) is 0 Å². The largest absolute Gasteiger partial charge is 0.396 e. The standard InChI is InChI=1S/C19H29FO2/c1-18-8-3-2-4-12(18)5-6-13-14(18)7-9-19(11-21)15(13)10-16(20)17(19)22/h4,13-17,21-22H,2-3,5-11H2,1H3/t13-,14+,15+,16+,17-,18+,19-/m1/s1. The Morgan fingerprint density at radius 1 is 1.27 bits per heavy atom. The first-order valence-corrected chi connectivity index (χ1v) is 9.15. The van der Waals surface area contributed by atoms with Crippen molar-refractivity contribution >= 4 is 0 Å². The molecule has 3 fully saturated rings. The van der Waals surface area contributed by atoms with Crippen LogP contribution in [0.15, 0.2) is 11.6 Å². The topological polar surface area (TPSA) is 40.5 Å². The fourth-order valence-corrected chi connectivity index (χ4v) is 6.79. The second kappa shape index (κ2) is 5.04. The van der Waals surface area contributed by atoms with Gasteiger partial charge in [0.05, 0.1) is 12.7 Å². The van der Waals surface area contributed by atoms with Gasteiger partial charge in [0.25, 0.3) is 0 Å². The van der Waals surface area contributed by atoms with Crippen LogP contribution >= 0.6 is 0 Å². The maximum Gasteiger partial charge on any atom is 0.127 e. The van der Waals surface area contributed by atoms with Gasteiger partial charge in [-0.1, -0.05) is 18.6 Å². The minimum absolute atomic E-state index is 0.0537.